The number of hydrogen-bond acceptors (Lipinski definition) is 8. The second kappa shape index (κ2) is 7.38. The monoisotopic (exact) mass is 402 g/mol. The van der Waals surface area contributed by atoms with E-state index in [1.54, 1.807) is 24.5 Å². The molecule has 5 N–H and O–H groups in total. The van der Waals surface area contributed by atoms with E-state index in [1.165, 1.54) is 12.1 Å². The molecule has 4 rings (SSSR count). The summed E-state index contributed by atoms with van der Waals surface area (Å²) in [4.78, 5) is 11.4. The molecule has 1 aromatic carbocycles. The molecule has 0 saturated carbocycles. The zero-order chi connectivity index (χ0) is 19.7. The average Bonchev–Trinajstić information content (AvgIpc) is 3.16. The van der Waals surface area contributed by atoms with Gasteiger partial charge in [0.2, 0.25) is 16.0 Å². The first-order chi connectivity index (χ1) is 13.4. The highest BCUT2D eigenvalue weighted by atomic mass is 32.2. The second-order valence-corrected chi connectivity index (χ2v) is 8.43. The number of fused-ring (bicyclic) bond motifs is 1. The lowest BCUT2D eigenvalue weighted by Gasteiger charge is -2.32. The number of sulfonamides is 1. The number of nitrogens with one attached hydrogen (secondary N) is 1. The average molecular weight is 402 g/mol. The SMILES string of the molecule is NCC1CCN(c2nc(Nc3ccc(S(N)(=O)=O)cc3)nc3ccoc23)CC1. The topological polar surface area (TPSA) is 140 Å². The Balaban J connectivity index is 1.61. The summed E-state index contributed by atoms with van der Waals surface area (Å²) >= 11 is 0. The summed E-state index contributed by atoms with van der Waals surface area (Å²) in [5.41, 5.74) is 7.80. The van der Waals surface area contributed by atoms with Crippen LogP contribution in [0.2, 0.25) is 0 Å². The predicted octanol–water partition coefficient (Wildman–Crippen LogP) is 1.79. The Bertz CT molecular complexity index is 1070. The summed E-state index contributed by atoms with van der Waals surface area (Å²) in [6.45, 7) is 2.42. The summed E-state index contributed by atoms with van der Waals surface area (Å²) in [5, 5.41) is 8.25. The van der Waals surface area contributed by atoms with Crippen LogP contribution < -0.4 is 21.1 Å². The van der Waals surface area contributed by atoms with Crippen LogP contribution in [0.15, 0.2) is 45.9 Å². The van der Waals surface area contributed by atoms with Crippen LogP contribution >= 0.6 is 0 Å². The molecule has 1 aliphatic heterocycles. The third-order valence-corrected chi connectivity index (χ3v) is 5.90. The van der Waals surface area contributed by atoms with Crippen molar-refractivity contribution in [3.05, 3.63) is 36.6 Å². The second-order valence-electron chi connectivity index (χ2n) is 6.87. The highest BCUT2D eigenvalue weighted by molar-refractivity contribution is 7.89. The Morgan fingerprint density at radius 1 is 1.14 bits per heavy atom. The van der Waals surface area contributed by atoms with E-state index in [0.29, 0.717) is 35.2 Å². The van der Waals surface area contributed by atoms with Crippen LogP contribution in [0, 0.1) is 5.92 Å². The third kappa shape index (κ3) is 3.79. The van der Waals surface area contributed by atoms with Crippen LogP contribution in [-0.2, 0) is 10.0 Å². The van der Waals surface area contributed by atoms with Gasteiger partial charge in [-0.1, -0.05) is 0 Å². The maximum Gasteiger partial charge on any atom is 0.238 e. The molecule has 148 valence electrons. The Morgan fingerprint density at radius 2 is 1.86 bits per heavy atom. The van der Waals surface area contributed by atoms with Gasteiger partial charge in [-0.25, -0.2) is 18.5 Å². The first-order valence-corrected chi connectivity index (χ1v) is 10.6. The summed E-state index contributed by atoms with van der Waals surface area (Å²) < 4.78 is 28.4. The Morgan fingerprint density at radius 3 is 2.50 bits per heavy atom. The number of hydrogen-bond donors (Lipinski definition) is 3. The van der Waals surface area contributed by atoms with Gasteiger partial charge in [0.05, 0.1) is 11.2 Å². The first kappa shape index (κ1) is 18.7. The molecule has 2 aromatic heterocycles. The number of nitrogens with zero attached hydrogens (tertiary/aromatic N) is 3. The van der Waals surface area contributed by atoms with Gasteiger partial charge in [0.25, 0.3) is 0 Å². The molecule has 0 atom stereocenters. The van der Waals surface area contributed by atoms with Crippen molar-refractivity contribution < 1.29 is 12.8 Å². The van der Waals surface area contributed by atoms with Gasteiger partial charge in [-0.05, 0) is 49.6 Å². The fourth-order valence-corrected chi connectivity index (χ4v) is 3.87. The smallest absolute Gasteiger partial charge is 0.238 e. The van der Waals surface area contributed by atoms with Crippen molar-refractivity contribution in [3.63, 3.8) is 0 Å². The first-order valence-electron chi connectivity index (χ1n) is 9.04. The maximum atomic E-state index is 11.4. The molecule has 9 nitrogen and oxygen atoms in total. The van der Waals surface area contributed by atoms with Crippen LogP contribution in [0.25, 0.3) is 11.1 Å². The van der Waals surface area contributed by atoms with Gasteiger partial charge < -0.3 is 20.4 Å². The van der Waals surface area contributed by atoms with Crippen molar-refractivity contribution in [1.82, 2.24) is 9.97 Å². The van der Waals surface area contributed by atoms with Gasteiger partial charge in [0.1, 0.15) is 5.52 Å². The quantitative estimate of drug-likeness (QED) is 0.587. The number of nitrogens with two attached hydrogens (primary N) is 2. The van der Waals surface area contributed by atoms with Gasteiger partial charge >= 0.3 is 0 Å². The Kier molecular flexibility index (Phi) is 4.92. The zero-order valence-electron chi connectivity index (χ0n) is 15.2. The predicted molar refractivity (Wildman–Crippen MR) is 107 cm³/mol. The molecule has 0 spiro atoms. The standard InChI is InChI=1S/C18H22N6O3S/c19-11-12-5-8-24(9-6-12)17-16-15(7-10-27-16)22-18(23-17)21-13-1-3-14(4-2-13)28(20,25)26/h1-4,7,10,12H,5-6,8-9,11,19H2,(H2,20,25,26)(H,21,22,23). The molecule has 0 amide bonds. The van der Waals surface area contributed by atoms with Crippen LogP contribution in [0.3, 0.4) is 0 Å². The fraction of sp³-hybridized carbons (Fsp3) is 0.333. The lowest BCUT2D eigenvalue weighted by Crippen LogP contribution is -2.36. The number of primary sulfonamides is 1. The summed E-state index contributed by atoms with van der Waals surface area (Å²) in [6, 6.07) is 7.91. The van der Waals surface area contributed by atoms with Gasteiger partial charge in [-0.3, -0.25) is 0 Å². The van der Waals surface area contributed by atoms with Crippen molar-refractivity contribution >= 4 is 38.6 Å². The van der Waals surface area contributed by atoms with E-state index in [0.717, 1.165) is 31.7 Å². The number of anilines is 3. The molecule has 0 aliphatic carbocycles. The molecule has 28 heavy (non-hydrogen) atoms. The molecule has 3 aromatic rings. The fourth-order valence-electron chi connectivity index (χ4n) is 3.36. The Hall–Kier alpha value is -2.69. The maximum absolute atomic E-state index is 11.4. The highest BCUT2D eigenvalue weighted by Crippen LogP contribution is 2.30. The summed E-state index contributed by atoms with van der Waals surface area (Å²) in [6.07, 6.45) is 3.63. The number of rotatable bonds is 5. The minimum Gasteiger partial charge on any atom is -0.459 e. The van der Waals surface area contributed by atoms with Gasteiger partial charge in [0.15, 0.2) is 11.4 Å². The molecule has 3 heterocycles. The largest absolute Gasteiger partial charge is 0.459 e. The minimum atomic E-state index is -3.73. The summed E-state index contributed by atoms with van der Waals surface area (Å²) in [7, 11) is -3.73. The van der Waals surface area contributed by atoms with Gasteiger partial charge in [0, 0.05) is 24.8 Å². The van der Waals surface area contributed by atoms with E-state index in [1.807, 2.05) is 0 Å². The molecule has 1 aliphatic rings. The van der Waals surface area contributed by atoms with E-state index in [9.17, 15) is 8.42 Å². The molecule has 1 fully saturated rings. The third-order valence-electron chi connectivity index (χ3n) is 4.97. The van der Waals surface area contributed by atoms with E-state index >= 15 is 0 Å². The van der Waals surface area contributed by atoms with Crippen LogP contribution in [0.4, 0.5) is 17.5 Å². The van der Waals surface area contributed by atoms with Crippen molar-refractivity contribution in [1.29, 1.82) is 0 Å². The van der Waals surface area contributed by atoms with Crippen molar-refractivity contribution in [2.45, 2.75) is 17.7 Å². The number of piperidine rings is 1. The zero-order valence-corrected chi connectivity index (χ0v) is 16.0. The number of benzene rings is 1. The van der Waals surface area contributed by atoms with Crippen LogP contribution in [0.5, 0.6) is 0 Å². The normalized spacial score (nSPS) is 15.9. The Labute approximate surface area is 162 Å². The van der Waals surface area contributed by atoms with Crippen LogP contribution in [0.1, 0.15) is 12.8 Å². The van der Waals surface area contributed by atoms with E-state index < -0.39 is 10.0 Å². The number of furan rings is 1. The lowest BCUT2D eigenvalue weighted by atomic mass is 9.97. The van der Waals surface area contributed by atoms with Crippen molar-refractivity contribution in [2.75, 3.05) is 29.9 Å². The van der Waals surface area contributed by atoms with Crippen LogP contribution in [-0.4, -0.2) is 38.0 Å². The molecule has 0 radical (unpaired) electrons. The molecular formula is C18H22N6O3S. The lowest BCUT2D eigenvalue weighted by molar-refractivity contribution is 0.412. The molecule has 10 heteroatoms. The van der Waals surface area contributed by atoms with E-state index in [-0.39, 0.29) is 4.90 Å². The molecule has 0 bridgehead atoms. The molecular weight excluding hydrogens is 380 g/mol. The highest BCUT2D eigenvalue weighted by Gasteiger charge is 2.23. The summed E-state index contributed by atoms with van der Waals surface area (Å²) in [5.74, 6) is 1.70. The minimum absolute atomic E-state index is 0.0488. The molecule has 0 unspecified atom stereocenters. The van der Waals surface area contributed by atoms with Crippen molar-refractivity contribution in [2.24, 2.45) is 16.8 Å². The number of aromatic nitrogens is 2. The van der Waals surface area contributed by atoms with Gasteiger partial charge in [-0.2, -0.15) is 4.98 Å². The van der Waals surface area contributed by atoms with E-state index in [2.05, 4.69) is 20.2 Å². The van der Waals surface area contributed by atoms with E-state index in [4.69, 9.17) is 15.3 Å². The van der Waals surface area contributed by atoms with Crippen molar-refractivity contribution in [3.8, 4) is 0 Å². The molecule has 1 saturated heterocycles. The van der Waals surface area contributed by atoms with Gasteiger partial charge in [-0.15, -0.1) is 0 Å².